The Morgan fingerprint density at radius 2 is 1.75 bits per heavy atom. The standard InChI is InChI=1S/C6H13ClSi/c1-4-6(3,5-2)8-7/h4-5H2,1-3H3. The Morgan fingerprint density at radius 1 is 1.38 bits per heavy atom. The molecule has 0 aromatic rings. The molecule has 0 aromatic carbocycles. The zero-order valence-corrected chi connectivity index (χ0v) is 7.55. The Labute approximate surface area is 59.1 Å². The smallest absolute Gasteiger partial charge is 0.171 e. The van der Waals surface area contributed by atoms with Crippen molar-refractivity contribution in [1.29, 1.82) is 0 Å². The molecule has 0 aliphatic rings. The van der Waals surface area contributed by atoms with Crippen molar-refractivity contribution in [3.05, 3.63) is 0 Å². The van der Waals surface area contributed by atoms with E-state index < -0.39 is 0 Å². The van der Waals surface area contributed by atoms with Crippen molar-refractivity contribution in [2.75, 3.05) is 0 Å². The van der Waals surface area contributed by atoms with Crippen LogP contribution in [0.15, 0.2) is 0 Å². The van der Waals surface area contributed by atoms with Gasteiger partial charge in [-0.3, -0.25) is 0 Å². The molecular formula is C6H13ClSi. The molecule has 2 heteroatoms. The summed E-state index contributed by atoms with van der Waals surface area (Å²) in [4.78, 5) is 0. The van der Waals surface area contributed by atoms with E-state index in [2.05, 4.69) is 20.8 Å². The SMILES string of the molecule is CCC(C)(CC)[Si]Cl. The molecule has 0 saturated carbocycles. The molecule has 0 fully saturated rings. The first-order chi connectivity index (χ1) is 3.68. The van der Waals surface area contributed by atoms with Crippen LogP contribution in [0.1, 0.15) is 33.6 Å². The average Bonchev–Trinajstić information content (AvgIpc) is 1.87. The van der Waals surface area contributed by atoms with Crippen molar-refractivity contribution in [2.24, 2.45) is 0 Å². The second-order valence-electron chi connectivity index (χ2n) is 2.36. The lowest BCUT2D eigenvalue weighted by atomic mass is 10.1. The Hall–Kier alpha value is 0.507. The molecule has 0 bridgehead atoms. The maximum Gasteiger partial charge on any atom is 0.178 e. The molecule has 0 nitrogen and oxygen atoms in total. The van der Waals surface area contributed by atoms with Crippen LogP contribution in [0, 0.1) is 0 Å². The van der Waals surface area contributed by atoms with E-state index in [0.29, 0.717) is 13.9 Å². The third-order valence-electron chi connectivity index (χ3n) is 1.79. The summed E-state index contributed by atoms with van der Waals surface area (Å²) < 4.78 is 0. The van der Waals surface area contributed by atoms with Gasteiger partial charge in [0.25, 0.3) is 0 Å². The zero-order chi connectivity index (χ0) is 6.62. The molecule has 8 heavy (non-hydrogen) atoms. The van der Waals surface area contributed by atoms with E-state index in [-0.39, 0.29) is 0 Å². The van der Waals surface area contributed by atoms with Gasteiger partial charge in [0, 0.05) is 0 Å². The molecule has 0 heterocycles. The Balaban J connectivity index is 3.58. The largest absolute Gasteiger partial charge is 0.178 e. The fraction of sp³-hybridized carbons (Fsp3) is 1.00. The first-order valence-corrected chi connectivity index (χ1v) is 5.07. The highest BCUT2D eigenvalue weighted by Crippen LogP contribution is 2.32. The molecule has 0 rings (SSSR count). The summed E-state index contributed by atoms with van der Waals surface area (Å²) in [6, 6.07) is 0. The van der Waals surface area contributed by atoms with Crippen molar-refractivity contribution in [1.82, 2.24) is 0 Å². The van der Waals surface area contributed by atoms with E-state index in [0.717, 1.165) is 0 Å². The number of rotatable bonds is 3. The molecule has 0 aromatic heterocycles. The maximum atomic E-state index is 5.74. The lowest BCUT2D eigenvalue weighted by Gasteiger charge is -2.20. The molecule has 2 radical (unpaired) electrons. The summed E-state index contributed by atoms with van der Waals surface area (Å²) in [5.74, 6) is 0. The highest BCUT2D eigenvalue weighted by molar-refractivity contribution is 6.95. The minimum absolute atomic E-state index is 0.418. The lowest BCUT2D eigenvalue weighted by Crippen LogP contribution is -2.09. The van der Waals surface area contributed by atoms with Gasteiger partial charge < -0.3 is 0 Å². The van der Waals surface area contributed by atoms with Crippen molar-refractivity contribution >= 4 is 19.9 Å². The van der Waals surface area contributed by atoms with Crippen LogP contribution in [-0.2, 0) is 0 Å². The van der Waals surface area contributed by atoms with Crippen LogP contribution in [0.2, 0.25) is 5.04 Å². The fourth-order valence-corrected chi connectivity index (χ4v) is 1.45. The molecule has 0 aliphatic carbocycles. The molecule has 48 valence electrons. The normalized spacial score (nSPS) is 12.0. The van der Waals surface area contributed by atoms with Crippen LogP contribution < -0.4 is 0 Å². The van der Waals surface area contributed by atoms with E-state index in [1.165, 1.54) is 12.8 Å². The molecule has 0 aliphatic heterocycles. The molecule has 0 amide bonds. The highest BCUT2D eigenvalue weighted by Gasteiger charge is 2.18. The van der Waals surface area contributed by atoms with Gasteiger partial charge >= 0.3 is 0 Å². The first-order valence-electron chi connectivity index (χ1n) is 3.06. The molecule has 0 spiro atoms. The van der Waals surface area contributed by atoms with E-state index in [9.17, 15) is 0 Å². The van der Waals surface area contributed by atoms with Crippen LogP contribution in [-0.4, -0.2) is 8.83 Å². The minimum atomic E-state index is 0.418. The van der Waals surface area contributed by atoms with Crippen molar-refractivity contribution < 1.29 is 0 Å². The molecule has 0 N–H and O–H groups in total. The summed E-state index contributed by atoms with van der Waals surface area (Å²) >= 11 is 5.74. The summed E-state index contributed by atoms with van der Waals surface area (Å²) in [6.45, 7) is 6.62. The van der Waals surface area contributed by atoms with Gasteiger partial charge in [-0.1, -0.05) is 33.6 Å². The summed E-state index contributed by atoms with van der Waals surface area (Å²) in [7, 11) is 0.574. The summed E-state index contributed by atoms with van der Waals surface area (Å²) in [6.07, 6.45) is 2.40. The first kappa shape index (κ1) is 8.51. The summed E-state index contributed by atoms with van der Waals surface area (Å²) in [5.41, 5.74) is 0. The second-order valence-corrected chi connectivity index (χ2v) is 4.33. The van der Waals surface area contributed by atoms with Gasteiger partial charge in [-0.15, -0.1) is 0 Å². The van der Waals surface area contributed by atoms with E-state index in [1.807, 2.05) is 0 Å². The Bertz CT molecular complexity index is 51.3. The Morgan fingerprint density at radius 3 is 1.75 bits per heavy atom. The third-order valence-corrected chi connectivity index (χ3v) is 4.32. The predicted molar refractivity (Wildman–Crippen MR) is 40.6 cm³/mol. The number of hydrogen-bond donors (Lipinski definition) is 0. The second kappa shape index (κ2) is 3.52. The molecule has 0 atom stereocenters. The van der Waals surface area contributed by atoms with Gasteiger partial charge in [0.05, 0.1) is 0 Å². The quantitative estimate of drug-likeness (QED) is 0.427. The van der Waals surface area contributed by atoms with Gasteiger partial charge in [-0.05, 0) is 5.04 Å². The van der Waals surface area contributed by atoms with E-state index in [4.69, 9.17) is 11.1 Å². The molecular weight excluding hydrogens is 136 g/mol. The monoisotopic (exact) mass is 148 g/mol. The summed E-state index contributed by atoms with van der Waals surface area (Å²) in [5, 5.41) is 0.418. The topological polar surface area (TPSA) is 0 Å². The molecule has 0 saturated heterocycles. The van der Waals surface area contributed by atoms with Gasteiger partial charge in [0.2, 0.25) is 0 Å². The van der Waals surface area contributed by atoms with Crippen molar-refractivity contribution in [3.8, 4) is 0 Å². The third kappa shape index (κ3) is 2.18. The average molecular weight is 149 g/mol. The molecule has 0 unspecified atom stereocenters. The van der Waals surface area contributed by atoms with Crippen molar-refractivity contribution in [3.63, 3.8) is 0 Å². The van der Waals surface area contributed by atoms with E-state index >= 15 is 0 Å². The van der Waals surface area contributed by atoms with Gasteiger partial charge in [0.15, 0.2) is 8.83 Å². The highest BCUT2D eigenvalue weighted by atomic mass is 35.6. The van der Waals surface area contributed by atoms with Gasteiger partial charge in [0.1, 0.15) is 0 Å². The number of hydrogen-bond acceptors (Lipinski definition) is 0. The van der Waals surface area contributed by atoms with Crippen LogP contribution in [0.25, 0.3) is 0 Å². The Kier molecular flexibility index (Phi) is 3.74. The van der Waals surface area contributed by atoms with Crippen LogP contribution in [0.3, 0.4) is 0 Å². The fourth-order valence-electron chi connectivity index (χ4n) is 0.384. The van der Waals surface area contributed by atoms with Crippen LogP contribution in [0.4, 0.5) is 0 Å². The maximum absolute atomic E-state index is 5.74. The van der Waals surface area contributed by atoms with Crippen molar-refractivity contribution in [2.45, 2.75) is 38.7 Å². The van der Waals surface area contributed by atoms with E-state index in [1.54, 1.807) is 0 Å². The van der Waals surface area contributed by atoms with Crippen LogP contribution in [0.5, 0.6) is 0 Å². The minimum Gasteiger partial charge on any atom is -0.171 e. The number of halogens is 1. The lowest BCUT2D eigenvalue weighted by molar-refractivity contribution is 0.568. The van der Waals surface area contributed by atoms with Gasteiger partial charge in [-0.25, -0.2) is 0 Å². The predicted octanol–water partition coefficient (Wildman–Crippen LogP) is 2.84. The van der Waals surface area contributed by atoms with Crippen LogP contribution >= 0.6 is 11.1 Å². The zero-order valence-electron chi connectivity index (χ0n) is 5.79. The van der Waals surface area contributed by atoms with Gasteiger partial charge in [-0.2, -0.15) is 11.1 Å².